The molecule has 0 saturated heterocycles. The van der Waals surface area contributed by atoms with Crippen molar-refractivity contribution in [3.05, 3.63) is 64.7 Å². The molecule has 3 nitrogen and oxygen atoms in total. The number of hydrogen-bond acceptors (Lipinski definition) is 2. The normalized spacial score (nSPS) is 10.3. The van der Waals surface area contributed by atoms with Crippen molar-refractivity contribution in [2.24, 2.45) is 0 Å². The lowest BCUT2D eigenvalue weighted by molar-refractivity contribution is -0.429. The third-order valence-electron chi connectivity index (χ3n) is 2.03. The lowest BCUT2D eigenvalue weighted by atomic mass is 10.1. The van der Waals surface area contributed by atoms with Gasteiger partial charge in [-0.2, -0.15) is 0 Å². The first kappa shape index (κ1) is 8.69. The number of nitro groups is 1. The van der Waals surface area contributed by atoms with Crippen LogP contribution in [0.15, 0.2) is 42.5 Å². The maximum atomic E-state index is 10.3. The average molecular weight is 186 g/mol. The molecule has 0 bridgehead atoms. The third-order valence-corrected chi connectivity index (χ3v) is 2.03. The second kappa shape index (κ2) is 3.46. The molecule has 0 unspecified atom stereocenters. The maximum Gasteiger partial charge on any atom is 0.308 e. The molecule has 0 amide bonds. The van der Waals surface area contributed by atoms with Crippen molar-refractivity contribution in [3.63, 3.8) is 0 Å². The van der Waals surface area contributed by atoms with E-state index in [0.717, 1.165) is 17.3 Å². The van der Waals surface area contributed by atoms with Crippen LogP contribution in [0.4, 0.5) is 0 Å². The Morgan fingerprint density at radius 3 is 2.50 bits per heavy atom. The largest absolute Gasteiger partial charge is 0.308 e. The van der Waals surface area contributed by atoms with Crippen molar-refractivity contribution in [3.8, 4) is 0 Å². The number of fused-ring (bicyclic) bond motifs is 1. The maximum absolute atomic E-state index is 10.3. The monoisotopic (exact) mass is 186 g/mol. The molecule has 0 atom stereocenters. The van der Waals surface area contributed by atoms with Crippen molar-refractivity contribution in [2.75, 3.05) is 0 Å². The Morgan fingerprint density at radius 1 is 1.07 bits per heavy atom. The van der Waals surface area contributed by atoms with Crippen LogP contribution in [-0.4, -0.2) is 4.92 Å². The van der Waals surface area contributed by atoms with Crippen LogP contribution in [0.25, 0.3) is 10.8 Å². The van der Waals surface area contributed by atoms with Crippen molar-refractivity contribution in [2.45, 2.75) is 0 Å². The average Bonchev–Trinajstić information content (AvgIpc) is 2.17. The molecular weight excluding hydrogens is 178 g/mol. The fraction of sp³-hybridized carbons (Fsp3) is 0. The van der Waals surface area contributed by atoms with E-state index in [-0.39, 0.29) is 0 Å². The number of benzene rings is 2. The number of nitrogens with zero attached hydrogens (tertiary/aromatic N) is 1. The zero-order chi connectivity index (χ0) is 9.97. The molecular formula is C11H8NO2. The van der Waals surface area contributed by atoms with Gasteiger partial charge >= 0.3 is 6.54 Å². The second-order valence-electron chi connectivity index (χ2n) is 3.02. The lowest BCUT2D eigenvalue weighted by Crippen LogP contribution is -1.94. The summed E-state index contributed by atoms with van der Waals surface area (Å²) in [5, 5.41) is 12.4. The van der Waals surface area contributed by atoms with Gasteiger partial charge in [0.2, 0.25) is 0 Å². The van der Waals surface area contributed by atoms with Crippen LogP contribution >= 0.6 is 0 Å². The molecule has 0 spiro atoms. The molecule has 0 aliphatic rings. The summed E-state index contributed by atoms with van der Waals surface area (Å²) in [7, 11) is 0. The van der Waals surface area contributed by atoms with Gasteiger partial charge in [0.05, 0.1) is 0 Å². The van der Waals surface area contributed by atoms with Crippen molar-refractivity contribution in [1.29, 1.82) is 0 Å². The van der Waals surface area contributed by atoms with E-state index in [1.165, 1.54) is 0 Å². The minimum absolute atomic E-state index is 0.440. The van der Waals surface area contributed by atoms with Crippen molar-refractivity contribution in [1.82, 2.24) is 0 Å². The molecule has 69 valence electrons. The van der Waals surface area contributed by atoms with Crippen LogP contribution < -0.4 is 0 Å². The topological polar surface area (TPSA) is 43.1 Å². The zero-order valence-electron chi connectivity index (χ0n) is 7.38. The molecule has 0 fully saturated rings. The minimum Gasteiger partial charge on any atom is -0.264 e. The Balaban J connectivity index is 2.46. The van der Waals surface area contributed by atoms with Gasteiger partial charge in [-0.15, -0.1) is 0 Å². The predicted molar refractivity (Wildman–Crippen MR) is 54.3 cm³/mol. The SMILES string of the molecule is O=[N+]([O-])[CH]c1ccc2ccccc2c1. The van der Waals surface area contributed by atoms with E-state index in [0.29, 0.717) is 5.56 Å². The Labute approximate surface area is 81.1 Å². The molecule has 3 heteroatoms. The van der Waals surface area contributed by atoms with Gasteiger partial charge in [0.15, 0.2) is 0 Å². The zero-order valence-corrected chi connectivity index (χ0v) is 7.38. The third kappa shape index (κ3) is 1.71. The van der Waals surface area contributed by atoms with Crippen LogP contribution in [0.5, 0.6) is 0 Å². The van der Waals surface area contributed by atoms with Crippen LogP contribution in [0.1, 0.15) is 5.56 Å². The fourth-order valence-electron chi connectivity index (χ4n) is 1.41. The summed E-state index contributed by atoms with van der Waals surface area (Å²) in [4.78, 5) is 9.81. The molecule has 2 aromatic carbocycles. The first-order chi connectivity index (χ1) is 6.75. The highest BCUT2D eigenvalue weighted by Crippen LogP contribution is 2.16. The Bertz CT molecular complexity index is 479. The van der Waals surface area contributed by atoms with Gasteiger partial charge in [0.25, 0.3) is 0 Å². The number of hydrogen-bond donors (Lipinski definition) is 0. The molecule has 0 N–H and O–H groups in total. The summed E-state index contributed by atoms with van der Waals surface area (Å²) >= 11 is 0. The summed E-state index contributed by atoms with van der Waals surface area (Å²) < 4.78 is 0. The van der Waals surface area contributed by atoms with Gasteiger partial charge in [-0.25, -0.2) is 0 Å². The van der Waals surface area contributed by atoms with Crippen LogP contribution in [0.2, 0.25) is 0 Å². The molecule has 0 aromatic heterocycles. The minimum atomic E-state index is -0.440. The molecule has 0 saturated carbocycles. The van der Waals surface area contributed by atoms with Gasteiger partial charge in [-0.3, -0.25) is 10.1 Å². The summed E-state index contributed by atoms with van der Waals surface area (Å²) in [6.07, 6.45) is 0. The van der Waals surface area contributed by atoms with Gasteiger partial charge < -0.3 is 0 Å². The number of rotatable bonds is 2. The quantitative estimate of drug-likeness (QED) is 0.534. The van der Waals surface area contributed by atoms with E-state index in [1.807, 2.05) is 30.3 Å². The first-order valence-electron chi connectivity index (χ1n) is 4.23. The summed E-state index contributed by atoms with van der Waals surface area (Å²) in [5.74, 6) is 0. The summed E-state index contributed by atoms with van der Waals surface area (Å²) in [6, 6.07) is 13.2. The molecule has 0 aliphatic heterocycles. The smallest absolute Gasteiger partial charge is 0.264 e. The van der Waals surface area contributed by atoms with Crippen LogP contribution in [0, 0.1) is 16.7 Å². The van der Waals surface area contributed by atoms with E-state index in [2.05, 4.69) is 0 Å². The van der Waals surface area contributed by atoms with E-state index >= 15 is 0 Å². The van der Waals surface area contributed by atoms with Gasteiger partial charge in [0.1, 0.15) is 0 Å². The highest BCUT2D eigenvalue weighted by atomic mass is 16.6. The first-order valence-corrected chi connectivity index (χ1v) is 4.23. The lowest BCUT2D eigenvalue weighted by Gasteiger charge is -1.98. The Morgan fingerprint density at radius 2 is 1.79 bits per heavy atom. The van der Waals surface area contributed by atoms with Crippen molar-refractivity contribution >= 4 is 10.8 Å². The van der Waals surface area contributed by atoms with Gasteiger partial charge in [-0.1, -0.05) is 36.4 Å². The van der Waals surface area contributed by atoms with E-state index in [1.54, 1.807) is 12.1 Å². The Hall–Kier alpha value is -1.90. The van der Waals surface area contributed by atoms with Crippen LogP contribution in [0.3, 0.4) is 0 Å². The van der Waals surface area contributed by atoms with Crippen molar-refractivity contribution < 1.29 is 4.92 Å². The van der Waals surface area contributed by atoms with E-state index in [9.17, 15) is 10.1 Å². The van der Waals surface area contributed by atoms with E-state index < -0.39 is 4.92 Å². The molecule has 1 radical (unpaired) electrons. The summed E-state index contributed by atoms with van der Waals surface area (Å²) in [5.41, 5.74) is 0.619. The molecule has 2 aromatic rings. The van der Waals surface area contributed by atoms with Gasteiger partial charge in [0, 0.05) is 10.5 Å². The second-order valence-corrected chi connectivity index (χ2v) is 3.02. The highest BCUT2D eigenvalue weighted by molar-refractivity contribution is 5.83. The Kier molecular flexibility index (Phi) is 2.14. The molecule has 0 heterocycles. The van der Waals surface area contributed by atoms with Crippen LogP contribution in [-0.2, 0) is 0 Å². The standard InChI is InChI=1S/C11H8NO2/c13-12(14)8-9-5-6-10-3-1-2-4-11(10)7-9/h1-8H. The molecule has 0 aliphatic carbocycles. The summed E-state index contributed by atoms with van der Waals surface area (Å²) in [6.45, 7) is 1.01. The fourth-order valence-corrected chi connectivity index (χ4v) is 1.41. The highest BCUT2D eigenvalue weighted by Gasteiger charge is 2.03. The van der Waals surface area contributed by atoms with E-state index in [4.69, 9.17) is 0 Å². The van der Waals surface area contributed by atoms with Gasteiger partial charge in [-0.05, 0) is 16.8 Å². The molecule has 14 heavy (non-hydrogen) atoms. The molecule has 2 rings (SSSR count). The predicted octanol–water partition coefficient (Wildman–Crippen LogP) is 2.63.